The molecule has 1 aliphatic heterocycles. The van der Waals surface area contributed by atoms with Crippen molar-refractivity contribution in [2.45, 2.75) is 31.8 Å². The van der Waals surface area contributed by atoms with Crippen molar-refractivity contribution in [3.05, 3.63) is 102 Å². The summed E-state index contributed by atoms with van der Waals surface area (Å²) in [6.07, 6.45) is 2.70. The number of aryl methyl sites for hydroxylation is 2. The van der Waals surface area contributed by atoms with Crippen LogP contribution in [-0.2, 0) is 18.8 Å². The molecule has 0 spiro atoms. The second-order valence-corrected chi connectivity index (χ2v) is 9.41. The first-order valence-electron chi connectivity index (χ1n) is 11.4. The van der Waals surface area contributed by atoms with Crippen LogP contribution >= 0.6 is 11.6 Å². The molecule has 1 saturated heterocycles. The number of ether oxygens (including phenoxy) is 1. The molecule has 0 bridgehead atoms. The highest BCUT2D eigenvalue weighted by Gasteiger charge is 2.29. The summed E-state index contributed by atoms with van der Waals surface area (Å²) < 4.78 is 10.5. The van der Waals surface area contributed by atoms with Gasteiger partial charge in [-0.25, -0.2) is 4.98 Å². The Hall–Kier alpha value is -3.49. The van der Waals surface area contributed by atoms with E-state index >= 15 is 0 Å². The summed E-state index contributed by atoms with van der Waals surface area (Å²) in [5, 5.41) is 0.930. The molecule has 1 aliphatic rings. The van der Waals surface area contributed by atoms with Gasteiger partial charge in [0.25, 0.3) is 11.1 Å². The molecule has 2 atom stereocenters. The minimum Gasteiger partial charge on any atom is -0.373 e. The van der Waals surface area contributed by atoms with Gasteiger partial charge in [-0.05, 0) is 67.6 Å². The van der Waals surface area contributed by atoms with Crippen molar-refractivity contribution in [3.8, 4) is 5.69 Å². The van der Waals surface area contributed by atoms with E-state index in [-0.39, 0.29) is 28.7 Å². The van der Waals surface area contributed by atoms with Gasteiger partial charge >= 0.3 is 0 Å². The van der Waals surface area contributed by atoms with E-state index in [1.54, 1.807) is 63.6 Å². The van der Waals surface area contributed by atoms with Gasteiger partial charge in [-0.2, -0.15) is 0 Å². The fourth-order valence-electron chi connectivity index (χ4n) is 4.69. The van der Waals surface area contributed by atoms with Gasteiger partial charge in [0.15, 0.2) is 5.65 Å². The van der Waals surface area contributed by atoms with Crippen LogP contribution in [0.5, 0.6) is 0 Å². The van der Waals surface area contributed by atoms with Crippen LogP contribution in [0.4, 0.5) is 0 Å². The average molecular weight is 493 g/mol. The maximum absolute atomic E-state index is 13.9. The van der Waals surface area contributed by atoms with Crippen LogP contribution in [-0.4, -0.2) is 25.3 Å². The lowest BCUT2D eigenvalue weighted by molar-refractivity contribution is 0.00469. The molecular weight excluding hydrogens is 468 g/mol. The molecule has 180 valence electrons. The predicted molar refractivity (Wildman–Crippen MR) is 135 cm³/mol. The van der Waals surface area contributed by atoms with E-state index in [2.05, 4.69) is 4.98 Å². The van der Waals surface area contributed by atoms with Gasteiger partial charge in [-0.3, -0.25) is 23.5 Å². The van der Waals surface area contributed by atoms with E-state index in [0.29, 0.717) is 52.6 Å². The Labute approximate surface area is 206 Å². The maximum Gasteiger partial charge on any atom is 0.262 e. The summed E-state index contributed by atoms with van der Waals surface area (Å²) in [6, 6.07) is 11.9. The molecule has 3 aromatic heterocycles. The number of hydrogen-bond donors (Lipinski definition) is 0. The highest BCUT2D eigenvalue weighted by Crippen LogP contribution is 2.36. The Bertz CT molecular complexity index is 1620. The van der Waals surface area contributed by atoms with E-state index in [1.165, 1.54) is 19.8 Å². The average Bonchev–Trinajstić information content (AvgIpc) is 2.85. The molecule has 0 radical (unpaired) electrons. The molecule has 9 heteroatoms. The topological polar surface area (TPSA) is 88.1 Å². The zero-order chi connectivity index (χ0) is 24.9. The van der Waals surface area contributed by atoms with E-state index in [1.807, 2.05) is 0 Å². The number of halogens is 1. The van der Waals surface area contributed by atoms with Crippen LogP contribution in [0.3, 0.4) is 0 Å². The third-order valence-electron chi connectivity index (χ3n) is 6.78. The maximum atomic E-state index is 13.9. The molecule has 35 heavy (non-hydrogen) atoms. The highest BCUT2D eigenvalue weighted by atomic mass is 35.5. The fraction of sp³-hybridized carbons (Fsp3) is 0.308. The molecule has 1 fully saturated rings. The van der Waals surface area contributed by atoms with Gasteiger partial charge in [0.2, 0.25) is 5.56 Å². The second kappa shape index (κ2) is 8.94. The number of hydrogen-bond acceptors (Lipinski definition) is 5. The Kier molecular flexibility index (Phi) is 5.94. The molecule has 0 aliphatic carbocycles. The zero-order valence-corrected chi connectivity index (χ0v) is 20.5. The van der Waals surface area contributed by atoms with Gasteiger partial charge in [-0.1, -0.05) is 11.6 Å². The normalized spacial score (nSPS) is 18.2. The Morgan fingerprint density at radius 3 is 2.49 bits per heavy atom. The van der Waals surface area contributed by atoms with Crippen LogP contribution in [0, 0.1) is 6.92 Å². The molecule has 1 aromatic carbocycles. The Morgan fingerprint density at radius 1 is 1.03 bits per heavy atom. The molecule has 0 amide bonds. The molecule has 0 saturated carbocycles. The fourth-order valence-corrected chi connectivity index (χ4v) is 4.82. The lowest BCUT2D eigenvalue weighted by Crippen LogP contribution is -2.31. The van der Waals surface area contributed by atoms with Crippen molar-refractivity contribution in [1.82, 2.24) is 18.7 Å². The number of fused-ring (bicyclic) bond motifs is 1. The van der Waals surface area contributed by atoms with Crippen molar-refractivity contribution in [2.24, 2.45) is 14.1 Å². The van der Waals surface area contributed by atoms with Crippen molar-refractivity contribution in [3.63, 3.8) is 0 Å². The summed E-state index contributed by atoms with van der Waals surface area (Å²) in [4.78, 5) is 43.5. The van der Waals surface area contributed by atoms with E-state index < -0.39 is 0 Å². The van der Waals surface area contributed by atoms with Gasteiger partial charge in [-0.15, -0.1) is 0 Å². The second-order valence-electron chi connectivity index (χ2n) is 8.97. The summed E-state index contributed by atoms with van der Waals surface area (Å²) in [7, 11) is 3.37. The summed E-state index contributed by atoms with van der Waals surface area (Å²) in [6.45, 7) is 2.20. The number of rotatable bonds is 3. The predicted octanol–water partition coefficient (Wildman–Crippen LogP) is 3.38. The van der Waals surface area contributed by atoms with Crippen LogP contribution in [0.2, 0.25) is 5.02 Å². The standard InChI is InChI=1S/C26H25ClN4O4/c1-15-28-24-21(25(33)30(15)3)13-20(26(34)31(24)19-7-5-18(27)6-8-19)16-10-11-35-22(12-16)17-4-9-23(32)29(2)14-17/h4-9,13-14,16,22H,10-12H2,1-3H3/t16-,22+/m0/s1. The van der Waals surface area contributed by atoms with Crippen molar-refractivity contribution < 1.29 is 4.74 Å². The minimum absolute atomic E-state index is 0.0971. The molecular formula is C26H25ClN4O4. The smallest absolute Gasteiger partial charge is 0.262 e. The molecule has 0 N–H and O–H groups in total. The van der Waals surface area contributed by atoms with Crippen LogP contribution in [0.15, 0.2) is 63.0 Å². The molecule has 4 heterocycles. The number of benzene rings is 1. The first-order valence-corrected chi connectivity index (χ1v) is 11.8. The van der Waals surface area contributed by atoms with Crippen molar-refractivity contribution >= 4 is 22.6 Å². The first-order chi connectivity index (χ1) is 16.7. The molecule has 5 rings (SSSR count). The zero-order valence-electron chi connectivity index (χ0n) is 19.7. The first kappa shape index (κ1) is 23.3. The summed E-state index contributed by atoms with van der Waals surface area (Å²) in [5.41, 5.74) is 1.82. The van der Waals surface area contributed by atoms with Gasteiger partial charge in [0.05, 0.1) is 17.2 Å². The number of pyridine rings is 2. The largest absolute Gasteiger partial charge is 0.373 e. The van der Waals surface area contributed by atoms with Crippen LogP contribution in [0.25, 0.3) is 16.7 Å². The van der Waals surface area contributed by atoms with Gasteiger partial charge < -0.3 is 9.30 Å². The summed E-state index contributed by atoms with van der Waals surface area (Å²) >= 11 is 6.09. The minimum atomic E-state index is -0.265. The lowest BCUT2D eigenvalue weighted by atomic mass is 9.87. The quantitative estimate of drug-likeness (QED) is 0.437. The molecule has 8 nitrogen and oxygen atoms in total. The highest BCUT2D eigenvalue weighted by molar-refractivity contribution is 6.30. The van der Waals surface area contributed by atoms with Crippen molar-refractivity contribution in [1.29, 1.82) is 0 Å². The van der Waals surface area contributed by atoms with E-state index in [9.17, 15) is 14.4 Å². The van der Waals surface area contributed by atoms with Gasteiger partial charge in [0, 0.05) is 43.6 Å². The molecule has 0 unspecified atom stereocenters. The SMILES string of the molecule is Cc1nc2c(cc([C@H]3CCO[C@@H](c4ccc(=O)n(C)c4)C3)c(=O)n2-c2ccc(Cl)cc2)c(=O)n1C. The van der Waals surface area contributed by atoms with Gasteiger partial charge in [0.1, 0.15) is 5.82 Å². The third kappa shape index (κ3) is 4.13. The lowest BCUT2D eigenvalue weighted by Gasteiger charge is -2.30. The Morgan fingerprint density at radius 2 is 1.77 bits per heavy atom. The van der Waals surface area contributed by atoms with Crippen molar-refractivity contribution in [2.75, 3.05) is 6.61 Å². The number of nitrogens with zero attached hydrogens (tertiary/aromatic N) is 4. The Balaban J connectivity index is 1.69. The number of aromatic nitrogens is 4. The third-order valence-corrected chi connectivity index (χ3v) is 7.03. The summed E-state index contributed by atoms with van der Waals surface area (Å²) in [5.74, 6) is 0.380. The van der Waals surface area contributed by atoms with E-state index in [4.69, 9.17) is 16.3 Å². The van der Waals surface area contributed by atoms with E-state index in [0.717, 1.165) is 5.56 Å². The van der Waals surface area contributed by atoms with Crippen LogP contribution in [0.1, 0.15) is 41.8 Å². The monoisotopic (exact) mass is 492 g/mol. The molecule has 4 aromatic rings. The van der Waals surface area contributed by atoms with Crippen LogP contribution < -0.4 is 16.7 Å².